The predicted molar refractivity (Wildman–Crippen MR) is 138 cm³/mol. The molecule has 1 N–H and O–H groups in total. The van der Waals surface area contributed by atoms with E-state index >= 15 is 0 Å². The van der Waals surface area contributed by atoms with Gasteiger partial charge in [-0.05, 0) is 45.4 Å². The molecule has 1 aromatic carbocycles. The quantitative estimate of drug-likeness (QED) is 0.322. The Morgan fingerprint density at radius 3 is 2.35 bits per heavy atom. The maximum atomic E-state index is 13.8. The van der Waals surface area contributed by atoms with Crippen LogP contribution in [0.2, 0.25) is 0 Å². The number of anilines is 1. The molecule has 37 heavy (non-hydrogen) atoms. The van der Waals surface area contributed by atoms with E-state index in [4.69, 9.17) is 14.2 Å². The molecule has 3 heterocycles. The highest BCUT2D eigenvalue weighted by Gasteiger charge is 2.47. The summed E-state index contributed by atoms with van der Waals surface area (Å²) in [6.07, 6.45) is 0. The molecule has 1 atom stereocenters. The lowest BCUT2D eigenvalue weighted by Gasteiger charge is -2.25. The first-order chi connectivity index (χ1) is 17.6. The number of ether oxygens (including phenoxy) is 3. The smallest absolute Gasteiger partial charge is 0.350 e. The lowest BCUT2D eigenvalue weighted by molar-refractivity contribution is -0.117. The van der Waals surface area contributed by atoms with Gasteiger partial charge in [0.05, 0.1) is 53.7 Å². The zero-order valence-corrected chi connectivity index (χ0v) is 22.7. The number of aryl methyl sites for hydroxylation is 3. The van der Waals surface area contributed by atoms with Crippen LogP contribution in [0.1, 0.15) is 54.3 Å². The molecule has 1 aliphatic rings. The molecule has 1 unspecified atom stereocenters. The molecule has 2 aromatic heterocycles. The Bertz CT molecular complexity index is 1440. The third-order valence-electron chi connectivity index (χ3n) is 5.73. The van der Waals surface area contributed by atoms with Crippen LogP contribution in [0.15, 0.2) is 29.5 Å². The largest absolute Gasteiger partial charge is 0.503 e. The molecule has 3 aromatic rings. The van der Waals surface area contributed by atoms with Crippen LogP contribution >= 0.6 is 22.7 Å². The predicted octanol–water partition coefficient (Wildman–Crippen LogP) is 4.50. The zero-order chi connectivity index (χ0) is 27.0. The number of amides is 1. The summed E-state index contributed by atoms with van der Waals surface area (Å²) in [5, 5.41) is 11.8. The third kappa shape index (κ3) is 4.58. The minimum absolute atomic E-state index is 0.115. The molecule has 4 rings (SSSR count). The fraction of sp³-hybridized carbons (Fsp3) is 0.320. The average molecular weight is 544 g/mol. The number of hydrogen-bond acceptors (Lipinski definition) is 11. The molecule has 12 heteroatoms. The summed E-state index contributed by atoms with van der Waals surface area (Å²) >= 11 is 2.12. The number of ketones is 1. The molecule has 1 amide bonds. The van der Waals surface area contributed by atoms with Crippen LogP contribution in [0.5, 0.6) is 11.5 Å². The first kappa shape index (κ1) is 26.3. The van der Waals surface area contributed by atoms with Crippen molar-refractivity contribution in [2.24, 2.45) is 0 Å². The Morgan fingerprint density at radius 2 is 1.76 bits per heavy atom. The van der Waals surface area contributed by atoms with Gasteiger partial charge >= 0.3 is 5.97 Å². The van der Waals surface area contributed by atoms with E-state index in [2.05, 4.69) is 9.97 Å². The Morgan fingerprint density at radius 1 is 1.05 bits per heavy atom. The standard InChI is InChI=1S/C25H25N3O7S2/c1-7-35-15-9-8-14(10-16(15)33-5)18-17(19(29)21-11(2)26-13(4)36-21)20(30)23(31)28(18)25-27-12(3)22(37-25)24(32)34-6/h8-10,18,30H,7H2,1-6H3. The number of nitrogens with zero attached hydrogens (tertiary/aromatic N) is 3. The van der Waals surface area contributed by atoms with Crippen molar-refractivity contribution in [2.75, 3.05) is 25.7 Å². The van der Waals surface area contributed by atoms with Crippen molar-refractivity contribution in [1.29, 1.82) is 0 Å². The van der Waals surface area contributed by atoms with Gasteiger partial charge in [-0.2, -0.15) is 0 Å². The summed E-state index contributed by atoms with van der Waals surface area (Å²) in [5.41, 5.74) is 1.22. The van der Waals surface area contributed by atoms with Crippen molar-refractivity contribution >= 4 is 45.5 Å². The second-order valence-electron chi connectivity index (χ2n) is 8.06. The Labute approximate surface area is 221 Å². The second-order valence-corrected chi connectivity index (χ2v) is 10.2. The van der Waals surface area contributed by atoms with Gasteiger partial charge in [0.1, 0.15) is 4.88 Å². The first-order valence-corrected chi connectivity index (χ1v) is 12.9. The Balaban J connectivity index is 1.92. The molecule has 0 saturated carbocycles. The lowest BCUT2D eigenvalue weighted by Crippen LogP contribution is -2.31. The van der Waals surface area contributed by atoms with E-state index in [1.807, 2.05) is 6.92 Å². The summed E-state index contributed by atoms with van der Waals surface area (Å²) in [6.45, 7) is 7.34. The van der Waals surface area contributed by atoms with Crippen molar-refractivity contribution in [2.45, 2.75) is 33.7 Å². The summed E-state index contributed by atoms with van der Waals surface area (Å²) in [7, 11) is 2.73. The average Bonchev–Trinajstić information content (AvgIpc) is 3.51. The van der Waals surface area contributed by atoms with Crippen LogP contribution in [0.25, 0.3) is 0 Å². The highest BCUT2D eigenvalue weighted by atomic mass is 32.1. The number of benzene rings is 1. The van der Waals surface area contributed by atoms with E-state index in [9.17, 15) is 19.5 Å². The minimum atomic E-state index is -1.05. The first-order valence-electron chi connectivity index (χ1n) is 11.2. The zero-order valence-electron chi connectivity index (χ0n) is 21.1. The van der Waals surface area contributed by atoms with Gasteiger partial charge < -0.3 is 19.3 Å². The fourth-order valence-corrected chi connectivity index (χ4v) is 6.00. The molecule has 10 nitrogen and oxygen atoms in total. The van der Waals surface area contributed by atoms with Crippen LogP contribution in [-0.4, -0.2) is 53.6 Å². The van der Waals surface area contributed by atoms with Gasteiger partial charge in [-0.15, -0.1) is 11.3 Å². The van der Waals surface area contributed by atoms with Crippen LogP contribution in [0, 0.1) is 20.8 Å². The maximum absolute atomic E-state index is 13.8. The van der Waals surface area contributed by atoms with Gasteiger partial charge in [-0.3, -0.25) is 14.5 Å². The molecule has 0 bridgehead atoms. The van der Waals surface area contributed by atoms with Gasteiger partial charge in [-0.1, -0.05) is 17.4 Å². The number of thiazole rings is 2. The minimum Gasteiger partial charge on any atom is -0.503 e. The van der Waals surface area contributed by atoms with E-state index in [1.165, 1.54) is 30.5 Å². The van der Waals surface area contributed by atoms with E-state index < -0.39 is 29.5 Å². The van der Waals surface area contributed by atoms with Crippen molar-refractivity contribution in [3.63, 3.8) is 0 Å². The number of Topliss-reactive ketones (excluding diaryl/α,β-unsaturated/α-hetero) is 1. The van der Waals surface area contributed by atoms with E-state index in [-0.39, 0.29) is 15.6 Å². The maximum Gasteiger partial charge on any atom is 0.350 e. The number of aliphatic hydroxyl groups is 1. The van der Waals surface area contributed by atoms with Crippen LogP contribution in [0.3, 0.4) is 0 Å². The van der Waals surface area contributed by atoms with Gasteiger partial charge in [0.15, 0.2) is 22.4 Å². The van der Waals surface area contributed by atoms with Gasteiger partial charge in [0.25, 0.3) is 5.91 Å². The third-order valence-corrected chi connectivity index (χ3v) is 7.94. The lowest BCUT2D eigenvalue weighted by atomic mass is 9.95. The van der Waals surface area contributed by atoms with E-state index in [0.717, 1.165) is 11.3 Å². The fourth-order valence-electron chi connectivity index (χ4n) is 4.11. The Hall–Kier alpha value is -3.77. The number of hydrogen-bond donors (Lipinski definition) is 1. The van der Waals surface area contributed by atoms with Gasteiger partial charge in [0, 0.05) is 0 Å². The number of methoxy groups -OCH3 is 2. The molecule has 1 aliphatic heterocycles. The van der Waals surface area contributed by atoms with Crippen LogP contribution < -0.4 is 14.4 Å². The monoisotopic (exact) mass is 543 g/mol. The van der Waals surface area contributed by atoms with Crippen molar-refractivity contribution < 1.29 is 33.7 Å². The summed E-state index contributed by atoms with van der Waals surface area (Å²) < 4.78 is 15.9. The number of esters is 1. The van der Waals surface area contributed by atoms with Crippen molar-refractivity contribution in [3.05, 3.63) is 61.2 Å². The number of rotatable bonds is 8. The second kappa shape index (κ2) is 10.3. The van der Waals surface area contributed by atoms with E-state index in [1.54, 1.807) is 39.0 Å². The summed E-state index contributed by atoms with van der Waals surface area (Å²) in [4.78, 5) is 49.9. The highest BCUT2D eigenvalue weighted by Crippen LogP contribution is 2.46. The topological polar surface area (TPSA) is 128 Å². The number of aromatic nitrogens is 2. The van der Waals surface area contributed by atoms with Crippen molar-refractivity contribution in [3.8, 4) is 11.5 Å². The van der Waals surface area contributed by atoms with Crippen LogP contribution in [-0.2, 0) is 9.53 Å². The normalized spacial score (nSPS) is 15.4. The van der Waals surface area contributed by atoms with Gasteiger partial charge in [-0.25, -0.2) is 14.8 Å². The van der Waals surface area contributed by atoms with Crippen molar-refractivity contribution in [1.82, 2.24) is 9.97 Å². The summed E-state index contributed by atoms with van der Waals surface area (Å²) in [6, 6.07) is 3.96. The molecular weight excluding hydrogens is 518 g/mol. The molecule has 0 fully saturated rings. The number of aliphatic hydroxyl groups excluding tert-OH is 1. The number of carbonyl (C=O) groups excluding carboxylic acids is 3. The molecule has 0 radical (unpaired) electrons. The summed E-state index contributed by atoms with van der Waals surface area (Å²) in [5.74, 6) is -1.75. The molecule has 194 valence electrons. The van der Waals surface area contributed by atoms with Gasteiger partial charge in [0.2, 0.25) is 5.78 Å². The molecule has 0 saturated heterocycles. The molecular formula is C25H25N3O7S2. The van der Waals surface area contributed by atoms with E-state index in [0.29, 0.717) is 44.9 Å². The Kier molecular flexibility index (Phi) is 7.32. The molecule has 0 aliphatic carbocycles. The molecule has 0 spiro atoms. The number of carbonyl (C=O) groups is 3. The van der Waals surface area contributed by atoms with Crippen LogP contribution in [0.4, 0.5) is 5.13 Å². The highest BCUT2D eigenvalue weighted by molar-refractivity contribution is 7.17. The SMILES string of the molecule is CCOc1ccc(C2C(C(=O)c3sc(C)nc3C)=C(O)C(=O)N2c2nc(C)c(C(=O)OC)s2)cc1OC.